The maximum Gasteiger partial charge on any atom is 0.308 e. The third-order valence-corrected chi connectivity index (χ3v) is 3.28. The second-order valence-electron chi connectivity index (χ2n) is 4.42. The van der Waals surface area contributed by atoms with Gasteiger partial charge in [0.1, 0.15) is 11.6 Å². The fraction of sp³-hybridized carbons (Fsp3) is 0.462. The molecule has 1 fully saturated rings. The number of benzene rings is 1. The van der Waals surface area contributed by atoms with Crippen LogP contribution in [0.5, 0.6) is 0 Å². The van der Waals surface area contributed by atoms with Crippen molar-refractivity contribution in [3.05, 3.63) is 35.4 Å². The van der Waals surface area contributed by atoms with Gasteiger partial charge >= 0.3 is 5.97 Å². The van der Waals surface area contributed by atoms with E-state index in [1.165, 1.54) is 19.2 Å². The first-order valence-corrected chi connectivity index (χ1v) is 5.88. The normalized spacial score (nSPS) is 22.5. The molecule has 1 aliphatic heterocycles. The Bertz CT molecular complexity index is 456. The Morgan fingerprint density at radius 1 is 1.42 bits per heavy atom. The van der Waals surface area contributed by atoms with Gasteiger partial charge in [0.25, 0.3) is 0 Å². The molecular formula is C13H16ClF2NO2. The molecule has 0 aliphatic carbocycles. The fourth-order valence-corrected chi connectivity index (χ4v) is 2.32. The van der Waals surface area contributed by atoms with E-state index in [1.54, 1.807) is 0 Å². The molecule has 2 atom stereocenters. The van der Waals surface area contributed by atoms with Gasteiger partial charge in [0.15, 0.2) is 0 Å². The number of piperidine rings is 1. The molecule has 2 unspecified atom stereocenters. The summed E-state index contributed by atoms with van der Waals surface area (Å²) in [6.45, 7) is 0.612. The molecule has 1 saturated heterocycles. The van der Waals surface area contributed by atoms with Crippen molar-refractivity contribution < 1.29 is 18.3 Å². The van der Waals surface area contributed by atoms with Crippen molar-refractivity contribution in [2.45, 2.75) is 18.9 Å². The van der Waals surface area contributed by atoms with Gasteiger partial charge < -0.3 is 10.1 Å². The number of esters is 1. The molecule has 0 saturated carbocycles. The van der Waals surface area contributed by atoms with Gasteiger partial charge in [-0.15, -0.1) is 12.4 Å². The number of carbonyl (C=O) groups excluding carboxylic acids is 1. The number of halogens is 3. The first-order chi connectivity index (χ1) is 8.61. The van der Waals surface area contributed by atoms with E-state index in [1.807, 2.05) is 0 Å². The fourth-order valence-electron chi connectivity index (χ4n) is 2.32. The standard InChI is InChI=1S/C13H15F2NO2.ClH/c1-18-13(17)8-4-5-16-12(6-8)10-3-2-9(14)7-11(10)15;/h2-3,7-8,12,16H,4-6H2,1H3;1H. The van der Waals surface area contributed by atoms with Gasteiger partial charge in [-0.05, 0) is 25.5 Å². The molecule has 19 heavy (non-hydrogen) atoms. The molecule has 6 heteroatoms. The van der Waals surface area contributed by atoms with Crippen molar-refractivity contribution in [3.63, 3.8) is 0 Å². The lowest BCUT2D eigenvalue weighted by Gasteiger charge is -2.29. The lowest BCUT2D eigenvalue weighted by atomic mass is 9.88. The highest BCUT2D eigenvalue weighted by molar-refractivity contribution is 5.85. The topological polar surface area (TPSA) is 38.3 Å². The van der Waals surface area contributed by atoms with Crippen LogP contribution in [0.3, 0.4) is 0 Å². The Kier molecular flexibility index (Phi) is 5.69. The molecule has 1 heterocycles. The van der Waals surface area contributed by atoms with Gasteiger partial charge in [-0.25, -0.2) is 8.78 Å². The van der Waals surface area contributed by atoms with Crippen LogP contribution in [-0.4, -0.2) is 19.6 Å². The third kappa shape index (κ3) is 3.64. The highest BCUT2D eigenvalue weighted by Crippen LogP contribution is 2.29. The predicted molar refractivity (Wildman–Crippen MR) is 69.1 cm³/mol. The summed E-state index contributed by atoms with van der Waals surface area (Å²) in [6, 6.07) is 3.23. The zero-order chi connectivity index (χ0) is 13.1. The summed E-state index contributed by atoms with van der Waals surface area (Å²) in [5.74, 6) is -1.69. The summed E-state index contributed by atoms with van der Waals surface area (Å²) >= 11 is 0. The monoisotopic (exact) mass is 291 g/mol. The molecule has 3 nitrogen and oxygen atoms in total. The number of rotatable bonds is 2. The van der Waals surface area contributed by atoms with Crippen molar-refractivity contribution in [1.29, 1.82) is 0 Å². The molecule has 2 rings (SSSR count). The maximum atomic E-state index is 13.6. The van der Waals surface area contributed by atoms with Crippen LogP contribution in [0.2, 0.25) is 0 Å². The summed E-state index contributed by atoms with van der Waals surface area (Å²) in [5, 5.41) is 3.13. The molecule has 0 aromatic heterocycles. The van der Waals surface area contributed by atoms with Crippen molar-refractivity contribution in [2.24, 2.45) is 5.92 Å². The van der Waals surface area contributed by atoms with Crippen LogP contribution in [-0.2, 0) is 9.53 Å². The number of hydrogen-bond acceptors (Lipinski definition) is 3. The van der Waals surface area contributed by atoms with Crippen molar-refractivity contribution >= 4 is 18.4 Å². The van der Waals surface area contributed by atoms with Crippen LogP contribution in [0.1, 0.15) is 24.4 Å². The minimum Gasteiger partial charge on any atom is -0.469 e. The molecule has 0 amide bonds. The van der Waals surface area contributed by atoms with Crippen molar-refractivity contribution in [3.8, 4) is 0 Å². The molecule has 1 aliphatic rings. The van der Waals surface area contributed by atoms with E-state index in [4.69, 9.17) is 4.74 Å². The van der Waals surface area contributed by atoms with Crippen molar-refractivity contribution in [2.75, 3.05) is 13.7 Å². The zero-order valence-corrected chi connectivity index (χ0v) is 11.3. The second-order valence-corrected chi connectivity index (χ2v) is 4.42. The Balaban J connectivity index is 0.00000180. The average Bonchev–Trinajstić information content (AvgIpc) is 2.38. The van der Waals surface area contributed by atoms with E-state index in [9.17, 15) is 13.6 Å². The molecule has 1 aromatic rings. The molecule has 1 aromatic carbocycles. The third-order valence-electron chi connectivity index (χ3n) is 3.28. The number of hydrogen-bond donors (Lipinski definition) is 1. The van der Waals surface area contributed by atoms with Gasteiger partial charge in [-0.2, -0.15) is 0 Å². The average molecular weight is 292 g/mol. The Hall–Kier alpha value is -1.20. The molecule has 0 spiro atoms. The SMILES string of the molecule is COC(=O)C1CCNC(c2ccc(F)cc2F)C1.Cl. The van der Waals surface area contributed by atoms with E-state index in [0.29, 0.717) is 24.9 Å². The Labute approximate surface area is 116 Å². The van der Waals surface area contributed by atoms with Crippen LogP contribution >= 0.6 is 12.4 Å². The summed E-state index contributed by atoms with van der Waals surface area (Å²) in [7, 11) is 1.35. The van der Waals surface area contributed by atoms with E-state index in [-0.39, 0.29) is 30.3 Å². The molecular weight excluding hydrogens is 276 g/mol. The van der Waals surface area contributed by atoms with Crippen LogP contribution in [0, 0.1) is 17.6 Å². The number of carbonyl (C=O) groups is 1. The highest BCUT2D eigenvalue weighted by atomic mass is 35.5. The van der Waals surface area contributed by atoms with Crippen LogP contribution in [0.25, 0.3) is 0 Å². The van der Waals surface area contributed by atoms with Crippen LogP contribution < -0.4 is 5.32 Å². The van der Waals surface area contributed by atoms with Gasteiger partial charge in [0.05, 0.1) is 13.0 Å². The van der Waals surface area contributed by atoms with Gasteiger partial charge in [-0.3, -0.25) is 4.79 Å². The van der Waals surface area contributed by atoms with Gasteiger partial charge in [0.2, 0.25) is 0 Å². The predicted octanol–water partition coefficient (Wildman–Crippen LogP) is 2.60. The first kappa shape index (κ1) is 15.9. The summed E-state index contributed by atoms with van der Waals surface area (Å²) in [4.78, 5) is 11.5. The highest BCUT2D eigenvalue weighted by Gasteiger charge is 2.29. The van der Waals surface area contributed by atoms with Gasteiger partial charge in [0, 0.05) is 17.7 Å². The molecule has 1 N–H and O–H groups in total. The minimum atomic E-state index is -0.600. The molecule has 0 radical (unpaired) electrons. The smallest absolute Gasteiger partial charge is 0.308 e. The quantitative estimate of drug-likeness (QED) is 0.851. The van der Waals surface area contributed by atoms with E-state index in [0.717, 1.165) is 6.07 Å². The first-order valence-electron chi connectivity index (χ1n) is 5.88. The van der Waals surface area contributed by atoms with Crippen LogP contribution in [0.4, 0.5) is 8.78 Å². The molecule has 0 bridgehead atoms. The zero-order valence-electron chi connectivity index (χ0n) is 10.5. The van der Waals surface area contributed by atoms with Crippen molar-refractivity contribution in [1.82, 2.24) is 5.32 Å². The minimum absolute atomic E-state index is 0. The lowest BCUT2D eigenvalue weighted by Crippen LogP contribution is -2.35. The summed E-state index contributed by atoms with van der Waals surface area (Å²) < 4.78 is 31.2. The Morgan fingerprint density at radius 3 is 2.79 bits per heavy atom. The second kappa shape index (κ2) is 6.82. The lowest BCUT2D eigenvalue weighted by molar-refractivity contribution is -0.146. The van der Waals surface area contributed by atoms with Gasteiger partial charge in [-0.1, -0.05) is 6.07 Å². The molecule has 106 valence electrons. The summed E-state index contributed by atoms with van der Waals surface area (Å²) in [6.07, 6.45) is 1.14. The number of methoxy groups -OCH3 is 1. The van der Waals surface area contributed by atoms with Crippen LogP contribution in [0.15, 0.2) is 18.2 Å². The van der Waals surface area contributed by atoms with E-state index < -0.39 is 11.6 Å². The Morgan fingerprint density at radius 2 is 2.16 bits per heavy atom. The maximum absolute atomic E-state index is 13.6. The van der Waals surface area contributed by atoms with E-state index >= 15 is 0 Å². The summed E-state index contributed by atoms with van der Waals surface area (Å²) in [5.41, 5.74) is 0.394. The van der Waals surface area contributed by atoms with E-state index in [2.05, 4.69) is 5.32 Å². The number of ether oxygens (including phenoxy) is 1. The number of nitrogens with one attached hydrogen (secondary N) is 1. The largest absolute Gasteiger partial charge is 0.469 e.